The van der Waals surface area contributed by atoms with E-state index in [1.54, 1.807) is 6.07 Å². The highest BCUT2D eigenvalue weighted by atomic mass is 16.5. The lowest BCUT2D eigenvalue weighted by atomic mass is 9.99. The summed E-state index contributed by atoms with van der Waals surface area (Å²) in [6.07, 6.45) is 6.76. The first kappa shape index (κ1) is 22.2. The topological polar surface area (TPSA) is 69.7 Å². The Morgan fingerprint density at radius 2 is 1.94 bits per heavy atom. The summed E-state index contributed by atoms with van der Waals surface area (Å²) in [6, 6.07) is 16.2. The Bertz CT molecular complexity index is 1280. The number of esters is 1. The normalized spacial score (nSPS) is 15.8. The number of allylic oxidation sites excluding steroid dienone is 2. The average molecular weight is 456 g/mol. The summed E-state index contributed by atoms with van der Waals surface area (Å²) in [7, 11) is 1.36. The predicted molar refractivity (Wildman–Crippen MR) is 133 cm³/mol. The molecule has 2 aliphatic rings. The van der Waals surface area contributed by atoms with Gasteiger partial charge in [-0.25, -0.2) is 4.79 Å². The molecule has 5 rings (SSSR count). The molecule has 34 heavy (non-hydrogen) atoms. The number of anilines is 1. The van der Waals surface area contributed by atoms with Gasteiger partial charge in [0.1, 0.15) is 5.58 Å². The zero-order chi connectivity index (χ0) is 23.5. The van der Waals surface area contributed by atoms with Gasteiger partial charge in [-0.2, -0.15) is 5.26 Å². The second-order valence-corrected chi connectivity index (χ2v) is 9.03. The summed E-state index contributed by atoms with van der Waals surface area (Å²) in [5.41, 5.74) is 6.64. The van der Waals surface area contributed by atoms with E-state index in [1.165, 1.54) is 36.7 Å². The molecule has 0 spiro atoms. The third-order valence-corrected chi connectivity index (χ3v) is 6.95. The van der Waals surface area contributed by atoms with Crippen molar-refractivity contribution in [2.75, 3.05) is 44.7 Å². The van der Waals surface area contributed by atoms with Gasteiger partial charge in [0.15, 0.2) is 0 Å². The molecule has 6 nitrogen and oxygen atoms in total. The number of carbonyl (C=O) groups is 1. The minimum Gasteiger partial charge on any atom is -0.463 e. The van der Waals surface area contributed by atoms with Crippen molar-refractivity contribution >= 4 is 28.2 Å². The molecule has 1 fully saturated rings. The quantitative estimate of drug-likeness (QED) is 0.368. The first-order valence-electron chi connectivity index (χ1n) is 12.0. The molecule has 1 aromatic heterocycles. The minimum atomic E-state index is -0.452. The number of rotatable bonds is 7. The van der Waals surface area contributed by atoms with E-state index in [-0.39, 0.29) is 5.76 Å². The monoisotopic (exact) mass is 455 g/mol. The maximum absolute atomic E-state index is 11.7. The number of fused-ring (bicyclic) bond motifs is 2. The molecule has 1 saturated heterocycles. The highest BCUT2D eigenvalue weighted by Gasteiger charge is 2.19. The van der Waals surface area contributed by atoms with E-state index < -0.39 is 5.97 Å². The van der Waals surface area contributed by atoms with E-state index in [0.29, 0.717) is 5.58 Å². The van der Waals surface area contributed by atoms with Gasteiger partial charge in [-0.05, 0) is 85.3 Å². The van der Waals surface area contributed by atoms with Gasteiger partial charge in [0.2, 0.25) is 5.76 Å². The molecular weight excluding hydrogens is 426 g/mol. The van der Waals surface area contributed by atoms with Crippen LogP contribution in [0.1, 0.15) is 46.5 Å². The number of nitriles is 1. The van der Waals surface area contributed by atoms with Crippen molar-refractivity contribution in [3.8, 4) is 6.07 Å². The van der Waals surface area contributed by atoms with Crippen LogP contribution in [0.15, 0.2) is 53.0 Å². The van der Waals surface area contributed by atoms with Crippen molar-refractivity contribution in [2.45, 2.75) is 25.7 Å². The van der Waals surface area contributed by atoms with Crippen molar-refractivity contribution in [2.24, 2.45) is 0 Å². The highest BCUT2D eigenvalue weighted by molar-refractivity contribution is 5.93. The van der Waals surface area contributed by atoms with E-state index in [0.717, 1.165) is 62.2 Å². The molecule has 2 heterocycles. The summed E-state index contributed by atoms with van der Waals surface area (Å²) >= 11 is 0. The van der Waals surface area contributed by atoms with Gasteiger partial charge in [0.05, 0.1) is 18.7 Å². The SMILES string of the molecule is COC(=O)c1cc2cc(N3CCN(CCCCC4=CCc5ccc(C#N)cc54)CC3)ccc2o1. The van der Waals surface area contributed by atoms with Crippen molar-refractivity contribution in [1.82, 2.24) is 4.90 Å². The molecule has 2 aromatic carbocycles. The van der Waals surface area contributed by atoms with Crippen LogP contribution in [0.3, 0.4) is 0 Å². The van der Waals surface area contributed by atoms with Crippen LogP contribution in [0, 0.1) is 11.3 Å². The fourth-order valence-corrected chi connectivity index (χ4v) is 5.01. The standard InChI is InChI=1S/C28H29N3O3/c1-33-28(32)27-18-23-17-24(9-10-26(23)34-27)31-14-12-30(13-15-31)11-3-2-4-21-7-8-22-6-5-20(19-29)16-25(21)22/h5-7,9-10,16-18H,2-4,8,11-15H2,1H3. The van der Waals surface area contributed by atoms with Gasteiger partial charge >= 0.3 is 5.97 Å². The number of hydrogen-bond acceptors (Lipinski definition) is 6. The molecule has 0 unspecified atom stereocenters. The maximum Gasteiger partial charge on any atom is 0.373 e. The number of carbonyl (C=O) groups excluding carboxylic acids is 1. The summed E-state index contributed by atoms with van der Waals surface area (Å²) < 4.78 is 10.3. The molecule has 0 N–H and O–H groups in total. The number of methoxy groups -OCH3 is 1. The average Bonchev–Trinajstić information content (AvgIpc) is 3.49. The fraction of sp³-hybridized carbons (Fsp3) is 0.357. The van der Waals surface area contributed by atoms with Gasteiger partial charge in [-0.1, -0.05) is 12.1 Å². The Kier molecular flexibility index (Phi) is 6.37. The molecule has 0 atom stereocenters. The second-order valence-electron chi connectivity index (χ2n) is 9.03. The number of hydrogen-bond donors (Lipinski definition) is 0. The van der Waals surface area contributed by atoms with Crippen molar-refractivity contribution < 1.29 is 13.9 Å². The second kappa shape index (κ2) is 9.74. The van der Waals surface area contributed by atoms with Gasteiger partial charge < -0.3 is 14.1 Å². The highest BCUT2D eigenvalue weighted by Crippen LogP contribution is 2.32. The first-order valence-corrected chi connectivity index (χ1v) is 12.0. The van der Waals surface area contributed by atoms with Gasteiger partial charge in [0, 0.05) is 37.3 Å². The predicted octanol–water partition coefficient (Wildman–Crippen LogP) is 5.02. The molecule has 1 aliphatic carbocycles. The lowest BCUT2D eigenvalue weighted by Crippen LogP contribution is -2.46. The van der Waals surface area contributed by atoms with Crippen LogP contribution in [0.4, 0.5) is 5.69 Å². The van der Waals surface area contributed by atoms with Crippen LogP contribution in [0.25, 0.3) is 16.5 Å². The van der Waals surface area contributed by atoms with E-state index >= 15 is 0 Å². The van der Waals surface area contributed by atoms with E-state index in [1.807, 2.05) is 18.2 Å². The van der Waals surface area contributed by atoms with Crippen molar-refractivity contribution in [1.29, 1.82) is 5.26 Å². The molecule has 0 saturated carbocycles. The van der Waals surface area contributed by atoms with E-state index in [4.69, 9.17) is 9.15 Å². The molecular formula is C28H29N3O3. The Morgan fingerprint density at radius 3 is 2.74 bits per heavy atom. The lowest BCUT2D eigenvalue weighted by Gasteiger charge is -2.36. The molecule has 6 heteroatoms. The van der Waals surface area contributed by atoms with Crippen LogP contribution in [0.2, 0.25) is 0 Å². The zero-order valence-corrected chi connectivity index (χ0v) is 19.5. The third kappa shape index (κ3) is 4.57. The zero-order valence-electron chi connectivity index (χ0n) is 19.5. The molecule has 0 bridgehead atoms. The number of piperazine rings is 1. The molecule has 3 aromatic rings. The Balaban J connectivity index is 1.09. The summed E-state index contributed by atoms with van der Waals surface area (Å²) in [5, 5.41) is 10.1. The third-order valence-electron chi connectivity index (χ3n) is 6.95. The number of unbranched alkanes of at least 4 members (excludes halogenated alkanes) is 1. The summed E-state index contributed by atoms with van der Waals surface area (Å²) in [6.45, 7) is 5.20. The van der Waals surface area contributed by atoms with E-state index in [9.17, 15) is 10.1 Å². The fourth-order valence-electron chi connectivity index (χ4n) is 5.01. The largest absolute Gasteiger partial charge is 0.463 e. The van der Waals surface area contributed by atoms with Crippen LogP contribution >= 0.6 is 0 Å². The van der Waals surface area contributed by atoms with Crippen molar-refractivity contribution in [3.63, 3.8) is 0 Å². The summed E-state index contributed by atoms with van der Waals surface area (Å²) in [4.78, 5) is 16.7. The number of furan rings is 1. The number of benzene rings is 2. The van der Waals surface area contributed by atoms with E-state index in [2.05, 4.69) is 40.1 Å². The lowest BCUT2D eigenvalue weighted by molar-refractivity contribution is 0.0567. The van der Waals surface area contributed by atoms with Crippen LogP contribution in [-0.4, -0.2) is 50.7 Å². The van der Waals surface area contributed by atoms with Gasteiger partial charge in [-0.3, -0.25) is 4.90 Å². The number of ether oxygens (including phenoxy) is 1. The molecule has 0 radical (unpaired) electrons. The Hall–Kier alpha value is -3.56. The van der Waals surface area contributed by atoms with Gasteiger partial charge in [0.25, 0.3) is 0 Å². The minimum absolute atomic E-state index is 0.238. The van der Waals surface area contributed by atoms with Crippen LogP contribution < -0.4 is 4.90 Å². The molecule has 0 amide bonds. The number of nitrogens with zero attached hydrogens (tertiary/aromatic N) is 3. The smallest absolute Gasteiger partial charge is 0.373 e. The Labute approximate surface area is 200 Å². The summed E-state index contributed by atoms with van der Waals surface area (Å²) in [5.74, 6) is -0.214. The maximum atomic E-state index is 11.7. The van der Waals surface area contributed by atoms with Crippen LogP contribution in [0.5, 0.6) is 0 Å². The molecule has 1 aliphatic heterocycles. The van der Waals surface area contributed by atoms with Gasteiger partial charge in [-0.15, -0.1) is 0 Å². The molecule has 174 valence electrons. The van der Waals surface area contributed by atoms with Crippen LogP contribution in [-0.2, 0) is 11.2 Å². The Morgan fingerprint density at radius 1 is 1.09 bits per heavy atom. The van der Waals surface area contributed by atoms with Crippen molar-refractivity contribution in [3.05, 3.63) is 71.0 Å². The first-order chi connectivity index (χ1) is 16.6.